The van der Waals surface area contributed by atoms with Crippen LogP contribution in [0.4, 0.5) is 4.79 Å². The van der Waals surface area contributed by atoms with Gasteiger partial charge in [0.15, 0.2) is 11.5 Å². The van der Waals surface area contributed by atoms with Crippen molar-refractivity contribution in [3.8, 4) is 11.5 Å². The van der Waals surface area contributed by atoms with Crippen LogP contribution in [0.25, 0.3) is 0 Å². The number of urea groups is 1. The van der Waals surface area contributed by atoms with Crippen LogP contribution in [0.3, 0.4) is 0 Å². The summed E-state index contributed by atoms with van der Waals surface area (Å²) >= 11 is 0. The summed E-state index contributed by atoms with van der Waals surface area (Å²) in [7, 11) is 3.15. The van der Waals surface area contributed by atoms with Crippen LogP contribution >= 0.6 is 0 Å². The third kappa shape index (κ3) is 3.74. The highest BCUT2D eigenvalue weighted by Crippen LogP contribution is 2.40. The largest absolute Gasteiger partial charge is 0.548 e. The zero-order valence-corrected chi connectivity index (χ0v) is 16.1. The number of fused-ring (bicyclic) bond motifs is 1. The van der Waals surface area contributed by atoms with Crippen LogP contribution < -0.4 is 19.9 Å². The third-order valence-corrected chi connectivity index (χ3v) is 4.94. The molecule has 2 atom stereocenters. The van der Waals surface area contributed by atoms with Crippen molar-refractivity contribution in [2.45, 2.75) is 25.4 Å². The molecule has 0 bridgehead atoms. The Morgan fingerprint density at radius 1 is 1.14 bits per heavy atom. The molecule has 1 N–H and O–H groups in total. The number of nitrogens with one attached hydrogen (secondary N) is 1. The molecule has 2 aromatic carbocycles. The molecule has 1 heterocycles. The van der Waals surface area contributed by atoms with E-state index in [4.69, 9.17) is 9.47 Å². The van der Waals surface area contributed by atoms with Crippen molar-refractivity contribution in [1.82, 2.24) is 10.2 Å². The number of methoxy groups -OCH3 is 2. The lowest BCUT2D eigenvalue weighted by Gasteiger charge is -2.38. The average molecular weight is 383 g/mol. The van der Waals surface area contributed by atoms with Gasteiger partial charge in [-0.2, -0.15) is 0 Å². The van der Waals surface area contributed by atoms with Gasteiger partial charge in [-0.3, -0.25) is 0 Å². The lowest BCUT2D eigenvalue weighted by atomic mass is 9.88. The van der Waals surface area contributed by atoms with Crippen molar-refractivity contribution < 1.29 is 24.2 Å². The molecule has 0 saturated heterocycles. The number of ether oxygens (including phenoxy) is 2. The second-order valence-electron chi connectivity index (χ2n) is 6.65. The number of hydrogen-bond donors (Lipinski definition) is 1. The predicted octanol–water partition coefficient (Wildman–Crippen LogP) is 1.50. The van der Waals surface area contributed by atoms with Crippen LogP contribution in [-0.2, 0) is 11.2 Å². The van der Waals surface area contributed by atoms with Gasteiger partial charge in [0.05, 0.1) is 32.3 Å². The summed E-state index contributed by atoms with van der Waals surface area (Å²) in [4.78, 5) is 25.5. The molecule has 0 spiro atoms. The van der Waals surface area contributed by atoms with Gasteiger partial charge in [-0.05, 0) is 42.2 Å². The molecule has 0 radical (unpaired) electrons. The molecule has 1 aliphatic rings. The monoisotopic (exact) mass is 383 g/mol. The number of nitrogens with zero attached hydrogens (tertiary/aromatic N) is 1. The Bertz CT molecular complexity index is 869. The molecular formula is C21H23N2O5-. The Kier molecular flexibility index (Phi) is 5.73. The van der Waals surface area contributed by atoms with Crippen LogP contribution in [0.5, 0.6) is 11.5 Å². The van der Waals surface area contributed by atoms with E-state index in [1.54, 1.807) is 19.1 Å². The number of benzene rings is 2. The fourth-order valence-electron chi connectivity index (χ4n) is 3.49. The zero-order valence-electron chi connectivity index (χ0n) is 16.1. The molecule has 0 unspecified atom stereocenters. The van der Waals surface area contributed by atoms with Crippen molar-refractivity contribution in [2.24, 2.45) is 0 Å². The first-order valence-corrected chi connectivity index (χ1v) is 9.04. The number of hydrogen-bond acceptors (Lipinski definition) is 5. The summed E-state index contributed by atoms with van der Waals surface area (Å²) in [6.45, 7) is 1.82. The van der Waals surface area contributed by atoms with Crippen LogP contribution in [0.2, 0.25) is 0 Å². The molecule has 7 heteroatoms. The molecule has 0 fully saturated rings. The number of rotatable bonds is 5. The third-order valence-electron chi connectivity index (χ3n) is 4.94. The van der Waals surface area contributed by atoms with Crippen LogP contribution in [0, 0.1) is 0 Å². The van der Waals surface area contributed by atoms with Crippen LogP contribution in [0.1, 0.15) is 29.7 Å². The lowest BCUT2D eigenvalue weighted by molar-refractivity contribution is -0.307. The van der Waals surface area contributed by atoms with E-state index in [9.17, 15) is 14.7 Å². The number of carboxylic acids is 1. The summed E-state index contributed by atoms with van der Waals surface area (Å²) in [6.07, 6.45) is 0.617. The molecule has 3 rings (SSSR count). The van der Waals surface area contributed by atoms with Crippen molar-refractivity contribution in [1.29, 1.82) is 0 Å². The van der Waals surface area contributed by atoms with Crippen molar-refractivity contribution in [3.05, 3.63) is 59.2 Å². The second-order valence-corrected chi connectivity index (χ2v) is 6.65. The first-order valence-electron chi connectivity index (χ1n) is 9.04. The average Bonchev–Trinajstić information content (AvgIpc) is 2.72. The molecule has 7 nitrogen and oxygen atoms in total. The Morgan fingerprint density at radius 3 is 2.39 bits per heavy atom. The number of carboxylic acid groups (broad SMARTS) is 1. The summed E-state index contributed by atoms with van der Waals surface area (Å²) < 4.78 is 10.9. The zero-order chi connectivity index (χ0) is 20.3. The van der Waals surface area contributed by atoms with Gasteiger partial charge in [0.25, 0.3) is 0 Å². The quantitative estimate of drug-likeness (QED) is 0.845. The van der Waals surface area contributed by atoms with Gasteiger partial charge in [-0.25, -0.2) is 4.79 Å². The van der Waals surface area contributed by atoms with E-state index in [1.165, 1.54) is 6.92 Å². The predicted molar refractivity (Wildman–Crippen MR) is 101 cm³/mol. The van der Waals surface area contributed by atoms with Crippen molar-refractivity contribution in [3.63, 3.8) is 0 Å². The summed E-state index contributed by atoms with van der Waals surface area (Å²) in [6, 6.07) is 11.5. The van der Waals surface area contributed by atoms with Gasteiger partial charge in [-0.1, -0.05) is 30.3 Å². The van der Waals surface area contributed by atoms with E-state index >= 15 is 0 Å². The van der Waals surface area contributed by atoms with Gasteiger partial charge in [-0.15, -0.1) is 0 Å². The van der Waals surface area contributed by atoms with E-state index < -0.39 is 18.0 Å². The molecule has 2 aromatic rings. The molecule has 0 aromatic heterocycles. The Morgan fingerprint density at radius 2 is 1.79 bits per heavy atom. The maximum absolute atomic E-state index is 12.9. The molecule has 1 aliphatic heterocycles. The maximum atomic E-state index is 12.9. The normalized spacial score (nSPS) is 16.7. The molecule has 0 aliphatic carbocycles. The highest BCUT2D eigenvalue weighted by molar-refractivity contribution is 5.82. The Hall–Kier alpha value is -3.22. The van der Waals surface area contributed by atoms with Gasteiger partial charge < -0.3 is 29.6 Å². The summed E-state index contributed by atoms with van der Waals surface area (Å²) in [5.74, 6) is -0.113. The van der Waals surface area contributed by atoms with E-state index in [-0.39, 0.29) is 6.04 Å². The van der Waals surface area contributed by atoms with Gasteiger partial charge >= 0.3 is 6.03 Å². The lowest BCUT2D eigenvalue weighted by Crippen LogP contribution is -2.52. The summed E-state index contributed by atoms with van der Waals surface area (Å²) in [5, 5.41) is 13.5. The smallest absolute Gasteiger partial charge is 0.318 e. The number of carbonyl (C=O) groups excluding carboxylic acids is 2. The van der Waals surface area contributed by atoms with Crippen molar-refractivity contribution in [2.75, 3.05) is 20.8 Å². The minimum absolute atomic E-state index is 0.376. The van der Waals surface area contributed by atoms with Crippen LogP contribution in [-0.4, -0.2) is 43.7 Å². The maximum Gasteiger partial charge on any atom is 0.318 e. The first kappa shape index (κ1) is 19.5. The van der Waals surface area contributed by atoms with Gasteiger partial charge in [0.1, 0.15) is 0 Å². The Labute approximate surface area is 163 Å². The highest BCUT2D eigenvalue weighted by Gasteiger charge is 2.33. The number of carbonyl (C=O) groups is 2. The molecular weight excluding hydrogens is 360 g/mol. The minimum atomic E-state index is -1.33. The number of aliphatic carboxylic acids is 1. The minimum Gasteiger partial charge on any atom is -0.548 e. The van der Waals surface area contributed by atoms with E-state index in [0.29, 0.717) is 24.5 Å². The van der Waals surface area contributed by atoms with E-state index in [0.717, 1.165) is 16.7 Å². The summed E-state index contributed by atoms with van der Waals surface area (Å²) in [5.41, 5.74) is 2.90. The SMILES string of the molecule is COc1cc2c(cc1OC)[C@H](c1ccccc1)N(C(=O)N[C@@H](C)C(=O)[O-])CC2. The topological polar surface area (TPSA) is 90.9 Å². The first-order chi connectivity index (χ1) is 13.5. The molecule has 28 heavy (non-hydrogen) atoms. The molecule has 0 saturated carbocycles. The van der Waals surface area contributed by atoms with Crippen LogP contribution in [0.15, 0.2) is 42.5 Å². The highest BCUT2D eigenvalue weighted by atomic mass is 16.5. The number of amides is 2. The fourth-order valence-corrected chi connectivity index (χ4v) is 3.49. The van der Waals surface area contributed by atoms with Gasteiger partial charge in [0, 0.05) is 6.54 Å². The van der Waals surface area contributed by atoms with E-state index in [2.05, 4.69) is 5.32 Å². The van der Waals surface area contributed by atoms with Gasteiger partial charge in [0.2, 0.25) is 0 Å². The fraction of sp³-hybridized carbons (Fsp3) is 0.333. The molecule has 148 valence electrons. The molecule has 2 amide bonds. The standard InChI is InChI=1S/C21H24N2O5/c1-13(20(24)25)22-21(26)23-10-9-15-11-17(27-2)18(28-3)12-16(15)19(23)14-7-5-4-6-8-14/h4-8,11-13,19H,9-10H2,1-3H3,(H,22,26)(H,24,25)/p-1/t13-,19-/m0/s1. The van der Waals surface area contributed by atoms with E-state index in [1.807, 2.05) is 42.5 Å². The second kappa shape index (κ2) is 8.21. The Balaban J connectivity index is 2.06. The van der Waals surface area contributed by atoms with Crippen molar-refractivity contribution >= 4 is 12.0 Å².